The first-order valence-electron chi connectivity index (χ1n) is 22.6. The predicted molar refractivity (Wildman–Crippen MR) is 282 cm³/mol. The van der Waals surface area contributed by atoms with E-state index in [0.717, 1.165) is 43.9 Å². The van der Waals surface area contributed by atoms with Gasteiger partial charge in [-0.2, -0.15) is 54.0 Å². The molecule has 3 aliphatic heterocycles. The average molecular weight is 1040 g/mol. The van der Waals surface area contributed by atoms with E-state index in [4.69, 9.17) is 19.2 Å². The lowest BCUT2D eigenvalue weighted by molar-refractivity contribution is -0.174. The van der Waals surface area contributed by atoms with Crippen molar-refractivity contribution in [2.24, 2.45) is 11.3 Å². The van der Waals surface area contributed by atoms with Gasteiger partial charge in [0.15, 0.2) is 0 Å². The van der Waals surface area contributed by atoms with Crippen molar-refractivity contribution in [1.29, 1.82) is 0 Å². The van der Waals surface area contributed by atoms with Gasteiger partial charge in [0.1, 0.15) is 23.9 Å². The number of carbonyl (C=O) groups is 4. The van der Waals surface area contributed by atoms with Crippen LogP contribution in [0.3, 0.4) is 0 Å². The van der Waals surface area contributed by atoms with Gasteiger partial charge in [0, 0.05) is 68.4 Å². The Labute approximate surface area is 431 Å². The molecule has 2 aromatic carbocycles. The molecular weight excluding hydrogens is 967 g/mol. The van der Waals surface area contributed by atoms with E-state index < -0.39 is 65.2 Å². The number of hydrogen-bond acceptors (Lipinski definition) is 10. The summed E-state index contributed by atoms with van der Waals surface area (Å²) in [5.74, 6) is -3.47. The van der Waals surface area contributed by atoms with Crippen LogP contribution in [0.4, 0.5) is 8.78 Å². The van der Waals surface area contributed by atoms with Gasteiger partial charge in [-0.05, 0) is 111 Å². The zero-order valence-corrected chi connectivity index (χ0v) is 44.6. The lowest BCUT2D eigenvalue weighted by atomic mass is 9.84. The number of carbonyl (C=O) groups excluding carboxylic acids is 4. The lowest BCUT2D eigenvalue weighted by Gasteiger charge is -2.38. The minimum absolute atomic E-state index is 0. The largest absolute Gasteiger partial charge is 0.508 e. The average Bonchev–Trinajstić information content (AvgIpc) is 3.90. The van der Waals surface area contributed by atoms with Crippen LogP contribution in [0.2, 0.25) is 0 Å². The summed E-state index contributed by atoms with van der Waals surface area (Å²) in [6, 6.07) is 11.7. The summed E-state index contributed by atoms with van der Waals surface area (Å²) in [4.78, 5) is 62.5. The molecule has 382 valence electrons. The zero-order chi connectivity index (χ0) is 47.0. The Balaban J connectivity index is 0.00000315. The molecule has 7 rings (SSSR count). The van der Waals surface area contributed by atoms with Crippen LogP contribution in [0.5, 0.6) is 5.75 Å². The number of halogens is 2. The molecule has 0 aliphatic carbocycles. The van der Waals surface area contributed by atoms with Gasteiger partial charge in [-0.3, -0.25) is 29.2 Å². The van der Waals surface area contributed by atoms with Crippen molar-refractivity contribution in [3.63, 3.8) is 0 Å². The highest BCUT2D eigenvalue weighted by atomic mass is 32.1. The van der Waals surface area contributed by atoms with Crippen LogP contribution in [0.15, 0.2) is 54.7 Å². The maximum atomic E-state index is 14.6. The molecule has 2 saturated heterocycles. The first kappa shape index (κ1) is 59.3. The highest BCUT2D eigenvalue weighted by Crippen LogP contribution is 2.42. The summed E-state index contributed by atoms with van der Waals surface area (Å²) in [6.45, 7) is 12.4. The van der Waals surface area contributed by atoms with E-state index >= 15 is 0 Å². The van der Waals surface area contributed by atoms with Crippen LogP contribution in [-0.2, 0) is 52.8 Å². The Morgan fingerprint density at radius 3 is 2.41 bits per heavy atom. The summed E-state index contributed by atoms with van der Waals surface area (Å²) in [7, 11) is 2.95. The number of pyridine rings is 1. The number of aromatic hydroxyl groups is 1. The number of aromatic nitrogens is 2. The second-order valence-electron chi connectivity index (χ2n) is 18.8. The second-order valence-corrected chi connectivity index (χ2v) is 18.8. The number of hydrazine groups is 1. The molecule has 5 heterocycles. The Morgan fingerprint density at radius 1 is 1.04 bits per heavy atom. The maximum absolute atomic E-state index is 14.6. The molecule has 3 amide bonds. The lowest BCUT2D eigenvalue weighted by Crippen LogP contribution is -2.63. The molecule has 20 heteroatoms. The van der Waals surface area contributed by atoms with Gasteiger partial charge in [-0.25, -0.2) is 14.2 Å². The Morgan fingerprint density at radius 2 is 1.77 bits per heavy atom. The number of phenolic OH excluding ortho intramolecular Hbond substituents is 1. The van der Waals surface area contributed by atoms with Gasteiger partial charge in [0.2, 0.25) is 11.5 Å². The third kappa shape index (κ3) is 12.2. The van der Waals surface area contributed by atoms with Crippen LogP contribution in [-0.4, -0.2) is 112 Å². The number of alkyl halides is 2. The first-order valence-corrected chi connectivity index (χ1v) is 22.6. The number of aryl methyl sites for hydroxylation is 1. The minimum Gasteiger partial charge on any atom is -0.508 e. The molecule has 3 aliphatic rings. The smallest absolute Gasteiger partial charge is 0.324 e. The first-order chi connectivity index (χ1) is 30.9. The summed E-state index contributed by atoms with van der Waals surface area (Å²) in [5, 5.41) is 16.4. The van der Waals surface area contributed by atoms with Crippen LogP contribution < -0.4 is 10.7 Å². The Kier molecular flexibility index (Phi) is 20.9. The van der Waals surface area contributed by atoms with E-state index in [2.05, 4.69) is 40.4 Å². The molecule has 0 spiro atoms. The molecule has 0 saturated carbocycles. The number of hydrogen-bond donors (Lipinski definition) is 3. The van der Waals surface area contributed by atoms with Gasteiger partial charge in [-0.15, -0.1) is 0 Å². The second kappa shape index (κ2) is 24.4. The fourth-order valence-corrected chi connectivity index (χ4v) is 9.77. The van der Waals surface area contributed by atoms with E-state index in [9.17, 15) is 33.1 Å². The molecule has 6 bridgehead atoms. The minimum atomic E-state index is -3.12. The topological polar surface area (TPSA) is 165 Å². The molecule has 2 fully saturated rings. The number of benzene rings is 2. The van der Waals surface area contributed by atoms with Crippen molar-refractivity contribution >= 4 is 88.6 Å². The van der Waals surface area contributed by atoms with E-state index in [-0.39, 0.29) is 105 Å². The van der Waals surface area contributed by atoms with Gasteiger partial charge < -0.3 is 34.1 Å². The summed E-state index contributed by atoms with van der Waals surface area (Å²) >= 11 is 0. The number of cyclic esters (lactones) is 1. The van der Waals surface area contributed by atoms with Crippen molar-refractivity contribution in [3.05, 3.63) is 71.5 Å². The van der Waals surface area contributed by atoms with Crippen LogP contribution in [0, 0.1) is 11.3 Å². The van der Waals surface area contributed by atoms with E-state index in [1.807, 2.05) is 39.0 Å². The van der Waals surface area contributed by atoms with Crippen molar-refractivity contribution in [2.45, 2.75) is 123 Å². The van der Waals surface area contributed by atoms with E-state index in [1.165, 1.54) is 18.1 Å². The van der Waals surface area contributed by atoms with Crippen molar-refractivity contribution in [2.75, 3.05) is 33.9 Å². The number of phenols is 1. The summed E-state index contributed by atoms with van der Waals surface area (Å²) in [6.07, 6.45) is -0.333. The van der Waals surface area contributed by atoms with Crippen molar-refractivity contribution < 1.29 is 47.3 Å². The molecule has 14 nitrogen and oxygen atoms in total. The number of nitrogens with one attached hydrogen (secondary N) is 2. The highest BCUT2D eigenvalue weighted by Gasteiger charge is 2.54. The SMILES string of the molecule is CCn1c(-c2cccnc2[C@H](C)OC)c2c3cc(ccc31)-c1cc(O)cc(c1)C[C@H](NC(=O)[C@H](C(C)C)N(C)C(=O)C1(C(F)F)CCCO1)C(=O)N1CCC[C@H](N1)C(=O)OCC(C)(C)C2.S.S.S.S. The standard InChI is InChI=1S/C49H62F2N6O8.4H2S/c1-9-56-39-16-15-31-25-35(39)36(42(56)34-13-10-18-52-40(34)29(4)63-8)26-48(5,6)27-64-45(61)37-14-11-19-57(54-37)44(60)38(23-30-21-32(31)24-33(58)22-30)53-43(59)41(28(2)3)55(7)47(62)49(46(50)51)17-12-20-65-49;;;;/h10,13,15-16,18,21-22,24-25,28-29,37-38,41,46,54,58H,9,11-12,14,17,19-20,23,26-27H2,1-8H3,(H,53,59);4*1H2/t29-,37-,38-,41-,49?;;;;/m0..../s1. The molecule has 0 radical (unpaired) electrons. The third-order valence-electron chi connectivity index (χ3n) is 13.1. The quantitative estimate of drug-likeness (QED) is 0.139. The molecule has 5 atom stereocenters. The third-order valence-corrected chi connectivity index (χ3v) is 13.1. The van der Waals surface area contributed by atoms with E-state index in [0.29, 0.717) is 36.9 Å². The number of ether oxygens (including phenoxy) is 3. The molecular formula is C49H70F2N6O8S4. The highest BCUT2D eigenvalue weighted by molar-refractivity contribution is 7.59. The number of likely N-dealkylation sites (N-methyl/N-ethyl adjacent to an activating group) is 1. The van der Waals surface area contributed by atoms with Crippen molar-refractivity contribution in [1.82, 2.24) is 30.2 Å². The van der Waals surface area contributed by atoms with E-state index in [1.54, 1.807) is 33.2 Å². The zero-order valence-electron chi connectivity index (χ0n) is 40.6. The summed E-state index contributed by atoms with van der Waals surface area (Å²) < 4.78 is 48.4. The monoisotopic (exact) mass is 1040 g/mol. The number of fused-ring (bicyclic) bond motifs is 6. The number of nitrogens with zero attached hydrogens (tertiary/aromatic N) is 4. The maximum Gasteiger partial charge on any atom is 0.324 e. The van der Waals surface area contributed by atoms with Crippen LogP contribution >= 0.6 is 54.0 Å². The fourth-order valence-electron chi connectivity index (χ4n) is 9.77. The Bertz CT molecular complexity index is 2450. The number of amides is 3. The molecule has 3 N–H and O–H groups in total. The number of esters is 1. The van der Waals surface area contributed by atoms with Gasteiger partial charge in [0.05, 0.1) is 24.1 Å². The van der Waals surface area contributed by atoms with Crippen LogP contribution in [0.1, 0.15) is 90.2 Å². The number of methoxy groups -OCH3 is 1. The van der Waals surface area contributed by atoms with Gasteiger partial charge in [0.25, 0.3) is 18.2 Å². The van der Waals surface area contributed by atoms with Gasteiger partial charge in [-0.1, -0.05) is 39.8 Å². The predicted octanol–water partition coefficient (Wildman–Crippen LogP) is 7.20. The van der Waals surface area contributed by atoms with Crippen LogP contribution in [0.25, 0.3) is 33.3 Å². The molecule has 2 aromatic heterocycles. The van der Waals surface area contributed by atoms with Crippen molar-refractivity contribution in [3.8, 4) is 28.1 Å². The molecule has 4 aromatic rings. The normalized spacial score (nSPS) is 21.1. The Hall–Kier alpha value is -4.05. The number of rotatable bonds is 10. The summed E-state index contributed by atoms with van der Waals surface area (Å²) in [5.41, 5.74) is 6.76. The molecule has 1 unspecified atom stereocenters. The fraction of sp³-hybridized carbons (Fsp3) is 0.531. The molecule has 69 heavy (non-hydrogen) atoms. The van der Waals surface area contributed by atoms with Gasteiger partial charge >= 0.3 is 5.97 Å².